The lowest BCUT2D eigenvalue weighted by molar-refractivity contribution is 0.368. The number of nitrogens with one attached hydrogen (secondary N) is 1. The Hall–Kier alpha value is -2.48. The molecule has 1 aromatic carbocycles. The number of nitrogens with zero attached hydrogens (tertiary/aromatic N) is 3. The normalized spacial score (nSPS) is 11.7. The van der Waals surface area contributed by atoms with Gasteiger partial charge in [-0.1, -0.05) is 0 Å². The van der Waals surface area contributed by atoms with Crippen LogP contribution >= 0.6 is 0 Å². The molecule has 1 atom stereocenters. The van der Waals surface area contributed by atoms with E-state index in [0.29, 0.717) is 5.75 Å². The minimum Gasteiger partial charge on any atom is -0.479 e. The van der Waals surface area contributed by atoms with E-state index in [1.165, 1.54) is 0 Å². The fourth-order valence-corrected chi connectivity index (χ4v) is 1.87. The summed E-state index contributed by atoms with van der Waals surface area (Å²) >= 11 is 0. The maximum absolute atomic E-state index is 8.45. The molecule has 0 spiro atoms. The number of aryl methyl sites for hydroxylation is 1. The van der Waals surface area contributed by atoms with Crippen molar-refractivity contribution in [1.82, 2.24) is 9.78 Å². The van der Waals surface area contributed by atoms with Crippen LogP contribution in [-0.4, -0.2) is 16.4 Å². The first-order chi connectivity index (χ1) is 9.72. The molecule has 0 amide bonds. The molecule has 0 saturated heterocycles. The summed E-state index contributed by atoms with van der Waals surface area (Å²) in [5.74, 6) is 0.698. The van der Waals surface area contributed by atoms with Gasteiger partial charge in [-0.2, -0.15) is 10.4 Å². The van der Waals surface area contributed by atoms with Gasteiger partial charge in [0.15, 0.2) is 6.61 Å². The summed E-state index contributed by atoms with van der Waals surface area (Å²) in [7, 11) is 0. The van der Waals surface area contributed by atoms with E-state index in [2.05, 4.69) is 24.3 Å². The van der Waals surface area contributed by atoms with Crippen LogP contribution in [0.25, 0.3) is 0 Å². The van der Waals surface area contributed by atoms with E-state index in [0.717, 1.165) is 17.8 Å². The smallest absolute Gasteiger partial charge is 0.174 e. The summed E-state index contributed by atoms with van der Waals surface area (Å²) < 4.78 is 7.12. The Labute approximate surface area is 118 Å². The van der Waals surface area contributed by atoms with Gasteiger partial charge in [0.05, 0.1) is 12.2 Å². The van der Waals surface area contributed by atoms with Crippen molar-refractivity contribution in [3.05, 3.63) is 42.2 Å². The first kappa shape index (κ1) is 13.9. The summed E-state index contributed by atoms with van der Waals surface area (Å²) in [4.78, 5) is 0. The minimum absolute atomic E-state index is 0.0688. The van der Waals surface area contributed by atoms with Crippen molar-refractivity contribution < 1.29 is 4.74 Å². The van der Waals surface area contributed by atoms with Gasteiger partial charge in [0.2, 0.25) is 0 Å². The van der Waals surface area contributed by atoms with Crippen molar-refractivity contribution in [2.75, 3.05) is 11.9 Å². The number of hydrogen-bond donors (Lipinski definition) is 1. The molecule has 2 aromatic rings. The van der Waals surface area contributed by atoms with Gasteiger partial charge < -0.3 is 10.1 Å². The zero-order valence-electron chi connectivity index (χ0n) is 11.7. The monoisotopic (exact) mass is 270 g/mol. The van der Waals surface area contributed by atoms with Gasteiger partial charge in [0.1, 0.15) is 11.8 Å². The lowest BCUT2D eigenvalue weighted by Crippen LogP contribution is -2.05. The molecular weight excluding hydrogens is 252 g/mol. The molecule has 0 aliphatic rings. The van der Waals surface area contributed by atoms with Gasteiger partial charge in [-0.05, 0) is 38.1 Å². The molecule has 0 bridgehead atoms. The highest BCUT2D eigenvalue weighted by atomic mass is 16.5. The standard InChI is InChI=1S/C15H18N4O/c1-3-19-11-13(10-17-19)12(2)18-14-4-6-15(7-5-14)20-9-8-16/h4-7,10-12,18H,3,9H2,1-2H3. The number of anilines is 1. The fourth-order valence-electron chi connectivity index (χ4n) is 1.87. The van der Waals surface area contributed by atoms with Gasteiger partial charge in [-0.15, -0.1) is 0 Å². The summed E-state index contributed by atoms with van der Waals surface area (Å²) in [5, 5.41) is 16.1. The lowest BCUT2D eigenvalue weighted by Gasteiger charge is -2.14. The van der Waals surface area contributed by atoms with Crippen LogP contribution < -0.4 is 10.1 Å². The van der Waals surface area contributed by atoms with Crippen molar-refractivity contribution in [2.45, 2.75) is 26.4 Å². The van der Waals surface area contributed by atoms with Gasteiger partial charge in [-0.3, -0.25) is 4.68 Å². The predicted octanol–water partition coefficient (Wildman–Crippen LogP) is 2.98. The van der Waals surface area contributed by atoms with Crippen molar-refractivity contribution in [3.63, 3.8) is 0 Å². The molecule has 1 aromatic heterocycles. The molecular formula is C15H18N4O. The molecule has 0 aliphatic heterocycles. The van der Waals surface area contributed by atoms with E-state index in [9.17, 15) is 0 Å². The largest absolute Gasteiger partial charge is 0.479 e. The number of benzene rings is 1. The van der Waals surface area contributed by atoms with Gasteiger partial charge in [0, 0.05) is 24.0 Å². The molecule has 0 aliphatic carbocycles. The van der Waals surface area contributed by atoms with Gasteiger partial charge >= 0.3 is 0 Å². The highest BCUT2D eigenvalue weighted by Gasteiger charge is 2.07. The molecule has 2 rings (SSSR count). The predicted molar refractivity (Wildman–Crippen MR) is 77.5 cm³/mol. The zero-order valence-corrected chi connectivity index (χ0v) is 11.7. The lowest BCUT2D eigenvalue weighted by atomic mass is 10.2. The first-order valence-electron chi connectivity index (χ1n) is 6.61. The molecule has 0 fully saturated rings. The highest BCUT2D eigenvalue weighted by Crippen LogP contribution is 2.21. The third-order valence-electron chi connectivity index (χ3n) is 3.02. The summed E-state index contributed by atoms with van der Waals surface area (Å²) in [5.41, 5.74) is 2.16. The maximum Gasteiger partial charge on any atom is 0.174 e. The molecule has 0 radical (unpaired) electrons. The van der Waals surface area contributed by atoms with E-state index in [1.807, 2.05) is 47.4 Å². The van der Waals surface area contributed by atoms with E-state index < -0.39 is 0 Å². The summed E-state index contributed by atoms with van der Waals surface area (Å²) in [6.45, 7) is 5.10. The second kappa shape index (κ2) is 6.62. The second-order valence-corrected chi connectivity index (χ2v) is 4.47. The molecule has 5 heteroatoms. The van der Waals surface area contributed by atoms with Crippen LogP contribution in [0.15, 0.2) is 36.7 Å². The van der Waals surface area contributed by atoms with Crippen molar-refractivity contribution >= 4 is 5.69 Å². The minimum atomic E-state index is 0.0688. The molecule has 20 heavy (non-hydrogen) atoms. The van der Waals surface area contributed by atoms with Crippen molar-refractivity contribution in [2.24, 2.45) is 0 Å². The summed E-state index contributed by atoms with van der Waals surface area (Å²) in [6, 6.07) is 9.70. The van der Waals surface area contributed by atoms with Crippen LogP contribution in [0.5, 0.6) is 5.75 Å². The third kappa shape index (κ3) is 3.51. The Bertz CT molecular complexity index is 583. The topological polar surface area (TPSA) is 62.9 Å². The summed E-state index contributed by atoms with van der Waals surface area (Å²) in [6.07, 6.45) is 3.92. The van der Waals surface area contributed by atoms with Crippen LogP contribution in [-0.2, 0) is 6.54 Å². The Morgan fingerprint density at radius 2 is 2.15 bits per heavy atom. The Morgan fingerprint density at radius 3 is 2.75 bits per heavy atom. The molecule has 0 saturated carbocycles. The first-order valence-corrected chi connectivity index (χ1v) is 6.61. The fraction of sp³-hybridized carbons (Fsp3) is 0.333. The molecule has 104 valence electrons. The Kier molecular flexibility index (Phi) is 4.61. The average molecular weight is 270 g/mol. The van der Waals surface area contributed by atoms with E-state index >= 15 is 0 Å². The van der Waals surface area contributed by atoms with Crippen LogP contribution in [0.2, 0.25) is 0 Å². The molecule has 1 N–H and O–H groups in total. The number of aromatic nitrogens is 2. The second-order valence-electron chi connectivity index (χ2n) is 4.47. The quantitative estimate of drug-likeness (QED) is 0.876. The van der Waals surface area contributed by atoms with Crippen molar-refractivity contribution in [3.8, 4) is 11.8 Å². The van der Waals surface area contributed by atoms with Gasteiger partial charge in [-0.25, -0.2) is 0 Å². The zero-order chi connectivity index (χ0) is 14.4. The van der Waals surface area contributed by atoms with E-state index in [4.69, 9.17) is 10.00 Å². The van der Waals surface area contributed by atoms with Crippen LogP contribution in [0.1, 0.15) is 25.5 Å². The maximum atomic E-state index is 8.45. The third-order valence-corrected chi connectivity index (χ3v) is 3.02. The molecule has 5 nitrogen and oxygen atoms in total. The highest BCUT2D eigenvalue weighted by molar-refractivity contribution is 5.47. The average Bonchev–Trinajstić information content (AvgIpc) is 2.95. The number of rotatable bonds is 6. The molecule has 1 unspecified atom stereocenters. The number of nitriles is 1. The number of hydrogen-bond acceptors (Lipinski definition) is 4. The van der Waals surface area contributed by atoms with Crippen LogP contribution in [0.3, 0.4) is 0 Å². The SMILES string of the molecule is CCn1cc(C(C)Nc2ccc(OCC#N)cc2)cn1. The van der Waals surface area contributed by atoms with Gasteiger partial charge in [0.25, 0.3) is 0 Å². The Morgan fingerprint density at radius 1 is 1.40 bits per heavy atom. The number of ether oxygens (including phenoxy) is 1. The molecule has 1 heterocycles. The van der Waals surface area contributed by atoms with Crippen LogP contribution in [0.4, 0.5) is 5.69 Å². The van der Waals surface area contributed by atoms with E-state index in [1.54, 1.807) is 0 Å². The Balaban J connectivity index is 1.97. The van der Waals surface area contributed by atoms with E-state index in [-0.39, 0.29) is 12.6 Å². The van der Waals surface area contributed by atoms with Crippen molar-refractivity contribution in [1.29, 1.82) is 5.26 Å². The van der Waals surface area contributed by atoms with Crippen LogP contribution in [0, 0.1) is 11.3 Å².